The van der Waals surface area contributed by atoms with Crippen LogP contribution < -0.4 is 10.6 Å². The van der Waals surface area contributed by atoms with Gasteiger partial charge in [0.15, 0.2) is 0 Å². The maximum Gasteiger partial charge on any atom is 0.315 e. The first-order chi connectivity index (χ1) is 9.82. The molecule has 1 rings (SSSR count). The molecule has 0 aliphatic carbocycles. The standard InChI is InChI=1S/C17H28N2O2/c1-11(2)16(20)9-10-18-17(21)19-14(5)15-8-6-7-12(3)13(15)4/h6-8,11,14,16,20H,9-10H2,1-5H3,(H2,18,19,21). The van der Waals surface area contributed by atoms with Gasteiger partial charge in [-0.3, -0.25) is 0 Å². The lowest BCUT2D eigenvalue weighted by molar-refractivity contribution is 0.116. The predicted molar refractivity (Wildman–Crippen MR) is 86.3 cm³/mol. The summed E-state index contributed by atoms with van der Waals surface area (Å²) in [6.45, 7) is 10.5. The molecule has 2 amide bonds. The normalized spacial score (nSPS) is 13.9. The number of rotatable bonds is 6. The number of carbonyl (C=O) groups excluding carboxylic acids is 1. The van der Waals surface area contributed by atoms with Gasteiger partial charge in [-0.15, -0.1) is 0 Å². The van der Waals surface area contributed by atoms with Crippen molar-refractivity contribution in [2.45, 2.75) is 53.2 Å². The minimum Gasteiger partial charge on any atom is -0.393 e. The van der Waals surface area contributed by atoms with Gasteiger partial charge in [0.1, 0.15) is 0 Å². The monoisotopic (exact) mass is 292 g/mol. The summed E-state index contributed by atoms with van der Waals surface area (Å²) in [7, 11) is 0. The number of benzene rings is 1. The molecule has 2 atom stereocenters. The van der Waals surface area contributed by atoms with Crippen molar-refractivity contribution in [3.8, 4) is 0 Å². The summed E-state index contributed by atoms with van der Waals surface area (Å²) in [6.07, 6.45) is 0.199. The number of hydrogen-bond acceptors (Lipinski definition) is 2. The van der Waals surface area contributed by atoms with Gasteiger partial charge in [0, 0.05) is 6.54 Å². The summed E-state index contributed by atoms with van der Waals surface area (Å²) in [4.78, 5) is 11.9. The van der Waals surface area contributed by atoms with E-state index in [4.69, 9.17) is 0 Å². The van der Waals surface area contributed by atoms with Crippen LogP contribution in [0.5, 0.6) is 0 Å². The highest BCUT2D eigenvalue weighted by atomic mass is 16.3. The minimum atomic E-state index is -0.373. The highest BCUT2D eigenvalue weighted by molar-refractivity contribution is 5.74. The van der Waals surface area contributed by atoms with Crippen molar-refractivity contribution < 1.29 is 9.90 Å². The van der Waals surface area contributed by atoms with E-state index < -0.39 is 0 Å². The largest absolute Gasteiger partial charge is 0.393 e. The van der Waals surface area contributed by atoms with Crippen LogP contribution in [0.1, 0.15) is 49.9 Å². The summed E-state index contributed by atoms with van der Waals surface area (Å²) in [6, 6.07) is 5.88. The number of aryl methyl sites for hydroxylation is 1. The summed E-state index contributed by atoms with van der Waals surface area (Å²) in [5, 5.41) is 15.4. The van der Waals surface area contributed by atoms with Crippen LogP contribution in [0.3, 0.4) is 0 Å². The number of urea groups is 1. The fraction of sp³-hybridized carbons (Fsp3) is 0.588. The van der Waals surface area contributed by atoms with Crippen LogP contribution in [-0.2, 0) is 0 Å². The number of aliphatic hydroxyl groups is 1. The van der Waals surface area contributed by atoms with E-state index in [9.17, 15) is 9.90 Å². The molecule has 3 N–H and O–H groups in total. The Kier molecular flexibility index (Phi) is 6.69. The molecule has 0 spiro atoms. The third kappa shape index (κ3) is 5.38. The van der Waals surface area contributed by atoms with Crippen molar-refractivity contribution in [3.63, 3.8) is 0 Å². The van der Waals surface area contributed by atoms with E-state index in [0.29, 0.717) is 13.0 Å². The van der Waals surface area contributed by atoms with E-state index in [1.54, 1.807) is 0 Å². The molecule has 0 radical (unpaired) electrons. The van der Waals surface area contributed by atoms with Crippen molar-refractivity contribution in [1.82, 2.24) is 10.6 Å². The molecule has 0 saturated heterocycles. The quantitative estimate of drug-likeness (QED) is 0.754. The number of aliphatic hydroxyl groups excluding tert-OH is 1. The SMILES string of the molecule is Cc1cccc(C(C)NC(=O)NCCC(O)C(C)C)c1C. The second-order valence-corrected chi connectivity index (χ2v) is 6.01. The average molecular weight is 292 g/mol. The fourth-order valence-electron chi connectivity index (χ4n) is 2.24. The van der Waals surface area contributed by atoms with Crippen molar-refractivity contribution >= 4 is 6.03 Å². The molecular formula is C17H28N2O2. The highest BCUT2D eigenvalue weighted by Crippen LogP contribution is 2.19. The molecule has 4 heteroatoms. The third-order valence-electron chi connectivity index (χ3n) is 3.96. The van der Waals surface area contributed by atoms with Gasteiger partial charge in [0.2, 0.25) is 0 Å². The van der Waals surface area contributed by atoms with Gasteiger partial charge in [0.05, 0.1) is 12.1 Å². The second kappa shape index (κ2) is 8.03. The molecule has 21 heavy (non-hydrogen) atoms. The first-order valence-corrected chi connectivity index (χ1v) is 7.61. The lowest BCUT2D eigenvalue weighted by atomic mass is 9.98. The van der Waals surface area contributed by atoms with Gasteiger partial charge >= 0.3 is 6.03 Å². The van der Waals surface area contributed by atoms with Crippen LogP contribution in [0, 0.1) is 19.8 Å². The molecular weight excluding hydrogens is 264 g/mol. The third-order valence-corrected chi connectivity index (χ3v) is 3.96. The van der Waals surface area contributed by atoms with E-state index in [1.807, 2.05) is 32.9 Å². The molecule has 0 aliphatic heterocycles. The zero-order chi connectivity index (χ0) is 16.0. The van der Waals surface area contributed by atoms with Crippen LogP contribution in [0.4, 0.5) is 4.79 Å². The van der Waals surface area contributed by atoms with Crippen LogP contribution in [0.25, 0.3) is 0 Å². The Morgan fingerprint density at radius 3 is 2.52 bits per heavy atom. The average Bonchev–Trinajstić information content (AvgIpc) is 2.41. The number of amides is 2. The van der Waals surface area contributed by atoms with Crippen molar-refractivity contribution in [3.05, 3.63) is 34.9 Å². The number of nitrogens with one attached hydrogen (secondary N) is 2. The fourth-order valence-corrected chi connectivity index (χ4v) is 2.24. The summed E-state index contributed by atoms with van der Waals surface area (Å²) in [5.74, 6) is 0.212. The van der Waals surface area contributed by atoms with Crippen molar-refractivity contribution in [2.75, 3.05) is 6.54 Å². The Morgan fingerprint density at radius 2 is 1.90 bits per heavy atom. The molecule has 0 saturated carbocycles. The lowest BCUT2D eigenvalue weighted by Gasteiger charge is -2.19. The highest BCUT2D eigenvalue weighted by Gasteiger charge is 2.13. The van der Waals surface area contributed by atoms with Gasteiger partial charge in [-0.05, 0) is 49.8 Å². The first kappa shape index (κ1) is 17.5. The van der Waals surface area contributed by atoms with E-state index in [0.717, 1.165) is 5.56 Å². The predicted octanol–water partition coefficient (Wildman–Crippen LogP) is 3.07. The molecule has 0 heterocycles. The second-order valence-electron chi connectivity index (χ2n) is 6.01. The molecule has 1 aromatic carbocycles. The van der Waals surface area contributed by atoms with E-state index >= 15 is 0 Å². The topological polar surface area (TPSA) is 61.4 Å². The Balaban J connectivity index is 2.46. The molecule has 1 aromatic rings. The van der Waals surface area contributed by atoms with Crippen molar-refractivity contribution in [2.24, 2.45) is 5.92 Å². The minimum absolute atomic E-state index is 0.0417. The summed E-state index contributed by atoms with van der Waals surface area (Å²) < 4.78 is 0. The Morgan fingerprint density at radius 1 is 1.24 bits per heavy atom. The lowest BCUT2D eigenvalue weighted by Crippen LogP contribution is -2.38. The smallest absolute Gasteiger partial charge is 0.315 e. The summed E-state index contributed by atoms with van der Waals surface area (Å²) in [5.41, 5.74) is 3.56. The van der Waals surface area contributed by atoms with Crippen LogP contribution >= 0.6 is 0 Å². The van der Waals surface area contributed by atoms with Crippen LogP contribution in [0.2, 0.25) is 0 Å². The van der Waals surface area contributed by atoms with Gasteiger partial charge < -0.3 is 15.7 Å². The Bertz CT molecular complexity index is 472. The molecule has 0 aliphatic rings. The van der Waals surface area contributed by atoms with Gasteiger partial charge in [-0.25, -0.2) is 4.79 Å². The first-order valence-electron chi connectivity index (χ1n) is 7.61. The van der Waals surface area contributed by atoms with E-state index in [1.165, 1.54) is 11.1 Å². The Labute approximate surface area is 128 Å². The van der Waals surface area contributed by atoms with Crippen LogP contribution in [-0.4, -0.2) is 23.8 Å². The molecule has 2 unspecified atom stereocenters. The number of hydrogen-bond donors (Lipinski definition) is 3. The van der Waals surface area contributed by atoms with E-state index in [-0.39, 0.29) is 24.1 Å². The summed E-state index contributed by atoms with van der Waals surface area (Å²) >= 11 is 0. The Hall–Kier alpha value is -1.55. The zero-order valence-electron chi connectivity index (χ0n) is 13.7. The van der Waals surface area contributed by atoms with Crippen molar-refractivity contribution in [1.29, 1.82) is 0 Å². The maximum atomic E-state index is 11.9. The molecule has 0 fully saturated rings. The molecule has 118 valence electrons. The van der Waals surface area contributed by atoms with Gasteiger partial charge in [0.25, 0.3) is 0 Å². The molecule has 0 aromatic heterocycles. The molecule has 0 bridgehead atoms. The zero-order valence-corrected chi connectivity index (χ0v) is 13.7. The maximum absolute atomic E-state index is 11.9. The van der Waals surface area contributed by atoms with Gasteiger partial charge in [-0.2, -0.15) is 0 Å². The number of carbonyl (C=O) groups is 1. The van der Waals surface area contributed by atoms with Crippen LogP contribution in [0.15, 0.2) is 18.2 Å². The van der Waals surface area contributed by atoms with Gasteiger partial charge in [-0.1, -0.05) is 32.0 Å². The van der Waals surface area contributed by atoms with E-state index in [2.05, 4.69) is 30.5 Å². The molecule has 4 nitrogen and oxygen atoms in total.